The molecule has 0 amide bonds. The van der Waals surface area contributed by atoms with E-state index in [4.69, 9.17) is 11.5 Å². The molecule has 1 atom stereocenters. The Morgan fingerprint density at radius 3 is 3.04 bits per heavy atom. The summed E-state index contributed by atoms with van der Waals surface area (Å²) >= 11 is 1.58. The molecule has 0 spiro atoms. The van der Waals surface area contributed by atoms with Gasteiger partial charge >= 0.3 is 0 Å². The van der Waals surface area contributed by atoms with Gasteiger partial charge in [-0.15, -0.1) is 11.3 Å². The van der Waals surface area contributed by atoms with Crippen LogP contribution in [-0.2, 0) is 6.54 Å². The third-order valence-electron chi connectivity index (χ3n) is 5.41. The number of hydrogen-bond donors (Lipinski definition) is 2. The van der Waals surface area contributed by atoms with Crippen LogP contribution in [-0.4, -0.2) is 20.9 Å². The fraction of sp³-hybridized carbons (Fsp3) is 0.238. The lowest BCUT2D eigenvalue weighted by molar-refractivity contribution is 0.321. The summed E-state index contributed by atoms with van der Waals surface area (Å²) in [5.41, 5.74) is 17.3. The maximum absolute atomic E-state index is 6.20. The molecule has 3 aliphatic rings. The number of rotatable bonds is 2. The molecule has 6 heteroatoms. The van der Waals surface area contributed by atoms with E-state index in [9.17, 15) is 0 Å². The fourth-order valence-corrected chi connectivity index (χ4v) is 5.09. The molecule has 0 fully saturated rings. The molecule has 5 nitrogen and oxygen atoms in total. The zero-order valence-corrected chi connectivity index (χ0v) is 15.7. The topological polar surface area (TPSA) is 81.1 Å². The van der Waals surface area contributed by atoms with Crippen molar-refractivity contribution in [3.8, 4) is 0 Å². The number of aromatic nitrogens is 2. The van der Waals surface area contributed by atoms with Gasteiger partial charge in [-0.2, -0.15) is 4.98 Å². The molecule has 136 valence electrons. The molecule has 1 aliphatic heterocycles. The number of anilines is 2. The minimum absolute atomic E-state index is 0.231. The van der Waals surface area contributed by atoms with E-state index in [0.717, 1.165) is 41.6 Å². The predicted octanol–water partition coefficient (Wildman–Crippen LogP) is 4.09. The van der Waals surface area contributed by atoms with Crippen LogP contribution in [0.1, 0.15) is 24.8 Å². The first kappa shape index (κ1) is 16.3. The highest BCUT2D eigenvalue weighted by Crippen LogP contribution is 2.37. The molecule has 4 N–H and O–H groups in total. The number of nitrogens with two attached hydrogens (primary N) is 2. The van der Waals surface area contributed by atoms with Gasteiger partial charge in [0, 0.05) is 12.2 Å². The number of allylic oxidation sites excluding steroid dienone is 6. The summed E-state index contributed by atoms with van der Waals surface area (Å²) in [6, 6.07) is 0.233. The number of hydrogen-bond acceptors (Lipinski definition) is 6. The van der Waals surface area contributed by atoms with E-state index in [2.05, 4.69) is 62.8 Å². The molecule has 27 heavy (non-hydrogen) atoms. The number of nitrogen functional groups attached to an aromatic ring is 2. The Balaban J connectivity index is 1.61. The van der Waals surface area contributed by atoms with Gasteiger partial charge in [0.25, 0.3) is 0 Å². The van der Waals surface area contributed by atoms with Crippen molar-refractivity contribution in [1.82, 2.24) is 14.9 Å². The molecule has 0 saturated heterocycles. The van der Waals surface area contributed by atoms with Crippen LogP contribution in [0.3, 0.4) is 0 Å². The van der Waals surface area contributed by atoms with Crippen molar-refractivity contribution in [3.63, 3.8) is 0 Å². The van der Waals surface area contributed by atoms with Crippen LogP contribution in [0.5, 0.6) is 0 Å². The Bertz CT molecular complexity index is 1070. The summed E-state index contributed by atoms with van der Waals surface area (Å²) in [5.74, 6) is 0.695. The van der Waals surface area contributed by atoms with Crippen molar-refractivity contribution in [2.24, 2.45) is 0 Å². The second-order valence-corrected chi connectivity index (χ2v) is 7.92. The largest absolute Gasteiger partial charge is 0.383 e. The van der Waals surface area contributed by atoms with Gasteiger partial charge < -0.3 is 16.4 Å². The number of nitrogens with zero attached hydrogens (tertiary/aromatic N) is 3. The van der Waals surface area contributed by atoms with Gasteiger partial charge in [0.2, 0.25) is 5.95 Å². The molecule has 0 radical (unpaired) electrons. The van der Waals surface area contributed by atoms with Crippen molar-refractivity contribution in [2.75, 3.05) is 11.5 Å². The summed E-state index contributed by atoms with van der Waals surface area (Å²) in [7, 11) is 0. The van der Waals surface area contributed by atoms with E-state index in [1.165, 1.54) is 16.8 Å². The van der Waals surface area contributed by atoms with Crippen LogP contribution in [0.25, 0.3) is 10.2 Å². The van der Waals surface area contributed by atoms with Crippen LogP contribution in [0.4, 0.5) is 11.8 Å². The van der Waals surface area contributed by atoms with E-state index in [1.807, 2.05) is 0 Å². The minimum Gasteiger partial charge on any atom is -0.383 e. The van der Waals surface area contributed by atoms with Gasteiger partial charge in [-0.3, -0.25) is 0 Å². The van der Waals surface area contributed by atoms with Gasteiger partial charge in [0.05, 0.1) is 11.4 Å². The van der Waals surface area contributed by atoms with E-state index in [-0.39, 0.29) is 12.0 Å². The average molecular weight is 376 g/mol. The Kier molecular flexibility index (Phi) is 3.86. The van der Waals surface area contributed by atoms with Crippen molar-refractivity contribution in [3.05, 3.63) is 70.3 Å². The average Bonchev–Trinajstić information content (AvgIpc) is 3.00. The second-order valence-electron chi connectivity index (χ2n) is 7.06. The van der Waals surface area contributed by atoms with E-state index < -0.39 is 0 Å². The maximum atomic E-state index is 6.20. The van der Waals surface area contributed by atoms with Gasteiger partial charge in [-0.25, -0.2) is 4.98 Å². The van der Waals surface area contributed by atoms with Gasteiger partial charge in [-0.05, 0) is 47.4 Å². The molecule has 0 saturated carbocycles. The van der Waals surface area contributed by atoms with E-state index in [0.29, 0.717) is 5.82 Å². The van der Waals surface area contributed by atoms with Crippen LogP contribution >= 0.6 is 11.3 Å². The van der Waals surface area contributed by atoms with E-state index in [1.54, 1.807) is 11.3 Å². The van der Waals surface area contributed by atoms with Crippen molar-refractivity contribution < 1.29 is 0 Å². The molecule has 3 heterocycles. The normalized spacial score (nSPS) is 21.3. The minimum atomic E-state index is 0.231. The standard InChI is InChI=1S/C21H21N5S/c22-19-18-15(12-27-20(18)25-21(23)24-19)11-26-16-7-3-1-5-13(16)9-10-14-6-2-4-8-17(14)26/h1,3-5,7-9,12,16H,2,6,10-11H2,(H4,22,23,24,25). The Morgan fingerprint density at radius 1 is 1.19 bits per heavy atom. The lowest BCUT2D eigenvalue weighted by Gasteiger charge is -2.35. The smallest absolute Gasteiger partial charge is 0.223 e. The third-order valence-corrected chi connectivity index (χ3v) is 6.33. The van der Waals surface area contributed by atoms with Crippen molar-refractivity contribution in [1.29, 1.82) is 0 Å². The maximum Gasteiger partial charge on any atom is 0.223 e. The number of thiophene rings is 1. The molecule has 0 bridgehead atoms. The molecule has 2 aliphatic carbocycles. The number of fused-ring (bicyclic) bond motifs is 2. The lowest BCUT2D eigenvalue weighted by Crippen LogP contribution is -2.34. The Hall–Kier alpha value is -2.86. The lowest BCUT2D eigenvalue weighted by atomic mass is 9.98. The van der Waals surface area contributed by atoms with Crippen LogP contribution in [0.15, 0.2) is 64.8 Å². The first-order valence-corrected chi connectivity index (χ1v) is 10.1. The summed E-state index contributed by atoms with van der Waals surface area (Å²) in [6.07, 6.45) is 19.0. The van der Waals surface area contributed by atoms with Crippen LogP contribution in [0, 0.1) is 0 Å². The quantitative estimate of drug-likeness (QED) is 0.826. The van der Waals surface area contributed by atoms with Gasteiger partial charge in [0.1, 0.15) is 10.6 Å². The summed E-state index contributed by atoms with van der Waals surface area (Å²) in [6.45, 7) is 0.765. The predicted molar refractivity (Wildman–Crippen MR) is 112 cm³/mol. The van der Waals surface area contributed by atoms with Crippen molar-refractivity contribution in [2.45, 2.75) is 31.8 Å². The molecule has 1 unspecified atom stereocenters. The molecule has 2 aromatic heterocycles. The molecule has 2 aromatic rings. The second kappa shape index (κ2) is 6.39. The van der Waals surface area contributed by atoms with Gasteiger partial charge in [0.15, 0.2) is 0 Å². The first-order valence-electron chi connectivity index (χ1n) is 9.20. The molecule has 0 aromatic carbocycles. The SMILES string of the molecule is Nc1nc(N)c2c(CN3C4=C(CC=C5C=CC=CC53)CCC=C4)csc2n1. The van der Waals surface area contributed by atoms with Crippen LogP contribution in [0.2, 0.25) is 0 Å². The molecule has 5 rings (SSSR count). The Morgan fingerprint density at radius 2 is 2.11 bits per heavy atom. The van der Waals surface area contributed by atoms with Crippen molar-refractivity contribution >= 4 is 33.3 Å². The Labute approximate surface area is 162 Å². The summed E-state index contributed by atoms with van der Waals surface area (Å²) in [5, 5.41) is 3.07. The zero-order chi connectivity index (χ0) is 18.4. The third kappa shape index (κ3) is 2.77. The fourth-order valence-electron chi connectivity index (χ4n) is 4.14. The highest BCUT2D eigenvalue weighted by atomic mass is 32.1. The monoisotopic (exact) mass is 375 g/mol. The van der Waals surface area contributed by atoms with E-state index >= 15 is 0 Å². The van der Waals surface area contributed by atoms with Gasteiger partial charge in [-0.1, -0.05) is 36.5 Å². The molecular weight excluding hydrogens is 354 g/mol. The zero-order valence-electron chi connectivity index (χ0n) is 14.9. The highest BCUT2D eigenvalue weighted by Gasteiger charge is 2.28. The summed E-state index contributed by atoms with van der Waals surface area (Å²) < 4.78 is 0. The summed E-state index contributed by atoms with van der Waals surface area (Å²) in [4.78, 5) is 11.9. The highest BCUT2D eigenvalue weighted by molar-refractivity contribution is 7.17. The first-order chi connectivity index (χ1) is 13.2. The molecular formula is C21H21N5S. The van der Waals surface area contributed by atoms with Crippen LogP contribution < -0.4 is 11.5 Å².